The van der Waals surface area contributed by atoms with Gasteiger partial charge in [-0.1, -0.05) is 42.5 Å². The summed E-state index contributed by atoms with van der Waals surface area (Å²) < 4.78 is 5.74. The Labute approximate surface area is 156 Å². The third-order valence-corrected chi connectivity index (χ3v) is 4.37. The van der Waals surface area contributed by atoms with Crippen LogP contribution in [0.3, 0.4) is 0 Å². The molecule has 6 heteroatoms. The Morgan fingerprint density at radius 1 is 1.15 bits per heavy atom. The van der Waals surface area contributed by atoms with Gasteiger partial charge in [0.15, 0.2) is 11.7 Å². The van der Waals surface area contributed by atoms with Crippen molar-refractivity contribution in [2.75, 3.05) is 0 Å². The van der Waals surface area contributed by atoms with Gasteiger partial charge in [-0.2, -0.15) is 0 Å². The van der Waals surface area contributed by atoms with Crippen molar-refractivity contribution in [3.8, 4) is 11.3 Å². The first kappa shape index (κ1) is 17.0. The molecule has 4 rings (SSSR count). The fraction of sp³-hybridized carbons (Fsp3) is 0.190. The number of benzene rings is 2. The fourth-order valence-electron chi connectivity index (χ4n) is 2.94. The number of hydrogen-bond donors (Lipinski definition) is 2. The number of hydrogen-bond acceptors (Lipinski definition) is 4. The van der Waals surface area contributed by atoms with Gasteiger partial charge in [-0.25, -0.2) is 9.97 Å². The molecular weight excluding hydrogens is 340 g/mol. The lowest BCUT2D eigenvalue weighted by molar-refractivity contribution is -0.121. The van der Waals surface area contributed by atoms with E-state index in [1.165, 1.54) is 0 Å². The second-order valence-corrected chi connectivity index (χ2v) is 6.41. The van der Waals surface area contributed by atoms with Gasteiger partial charge in [0, 0.05) is 18.4 Å². The van der Waals surface area contributed by atoms with Crippen LogP contribution in [0.1, 0.15) is 31.1 Å². The molecule has 0 saturated carbocycles. The highest BCUT2D eigenvalue weighted by Gasteiger charge is 2.14. The molecular formula is C21H20N4O2. The highest BCUT2D eigenvalue weighted by Crippen LogP contribution is 2.20. The van der Waals surface area contributed by atoms with Crippen LogP contribution >= 0.6 is 0 Å². The maximum Gasteiger partial charge on any atom is 0.221 e. The number of amides is 1. The van der Waals surface area contributed by atoms with E-state index in [1.54, 1.807) is 6.20 Å². The maximum absolute atomic E-state index is 12.3. The van der Waals surface area contributed by atoms with Crippen LogP contribution in [0, 0.1) is 0 Å². The third-order valence-electron chi connectivity index (χ3n) is 4.37. The minimum Gasteiger partial charge on any atom is -0.441 e. The number of carbonyl (C=O) groups is 1. The van der Waals surface area contributed by atoms with Crippen molar-refractivity contribution in [2.24, 2.45) is 0 Å². The van der Waals surface area contributed by atoms with Gasteiger partial charge < -0.3 is 14.7 Å². The van der Waals surface area contributed by atoms with E-state index in [0.717, 1.165) is 22.4 Å². The largest absolute Gasteiger partial charge is 0.441 e. The Bertz CT molecular complexity index is 1020. The average molecular weight is 360 g/mol. The summed E-state index contributed by atoms with van der Waals surface area (Å²) in [6.45, 7) is 1.91. The average Bonchev–Trinajstić information content (AvgIpc) is 3.34. The van der Waals surface area contributed by atoms with Gasteiger partial charge in [-0.15, -0.1) is 0 Å². The van der Waals surface area contributed by atoms with Crippen molar-refractivity contribution in [2.45, 2.75) is 25.8 Å². The molecule has 0 aliphatic heterocycles. The van der Waals surface area contributed by atoms with Gasteiger partial charge in [-0.3, -0.25) is 4.79 Å². The summed E-state index contributed by atoms with van der Waals surface area (Å²) in [6.07, 6.45) is 2.45. The van der Waals surface area contributed by atoms with E-state index < -0.39 is 0 Å². The van der Waals surface area contributed by atoms with Crippen molar-refractivity contribution in [3.63, 3.8) is 0 Å². The summed E-state index contributed by atoms with van der Waals surface area (Å²) >= 11 is 0. The number of aromatic nitrogens is 3. The van der Waals surface area contributed by atoms with Crippen LogP contribution in [0.25, 0.3) is 22.4 Å². The lowest BCUT2D eigenvalue weighted by Crippen LogP contribution is -2.27. The van der Waals surface area contributed by atoms with E-state index in [0.29, 0.717) is 24.5 Å². The van der Waals surface area contributed by atoms with Gasteiger partial charge in [-0.05, 0) is 19.1 Å². The molecule has 136 valence electrons. The van der Waals surface area contributed by atoms with E-state index in [4.69, 9.17) is 4.42 Å². The van der Waals surface area contributed by atoms with Crippen LogP contribution < -0.4 is 5.32 Å². The first-order chi connectivity index (χ1) is 13.2. The summed E-state index contributed by atoms with van der Waals surface area (Å²) in [7, 11) is 0. The van der Waals surface area contributed by atoms with Gasteiger partial charge in [0.1, 0.15) is 5.82 Å². The number of aromatic amines is 1. The highest BCUT2D eigenvalue weighted by molar-refractivity contribution is 5.77. The Kier molecular flexibility index (Phi) is 4.70. The van der Waals surface area contributed by atoms with E-state index in [2.05, 4.69) is 20.3 Å². The van der Waals surface area contributed by atoms with Crippen molar-refractivity contribution in [1.82, 2.24) is 20.3 Å². The smallest absolute Gasteiger partial charge is 0.221 e. The number of carbonyl (C=O) groups excluding carboxylic acids is 1. The normalized spacial score (nSPS) is 12.2. The zero-order valence-corrected chi connectivity index (χ0v) is 15.0. The van der Waals surface area contributed by atoms with Gasteiger partial charge in [0.25, 0.3) is 0 Å². The van der Waals surface area contributed by atoms with Crippen LogP contribution in [0.15, 0.2) is 65.2 Å². The lowest BCUT2D eigenvalue weighted by Gasteiger charge is -2.10. The SMILES string of the molecule is CC(NC(=O)CCc1ncc(-c2ccccc2)o1)c1nc2ccccc2[nH]1. The second-order valence-electron chi connectivity index (χ2n) is 6.41. The number of nitrogens with zero attached hydrogens (tertiary/aromatic N) is 2. The lowest BCUT2D eigenvalue weighted by atomic mass is 10.2. The molecule has 0 aliphatic rings. The molecule has 0 bridgehead atoms. The summed E-state index contributed by atoms with van der Waals surface area (Å²) in [6, 6.07) is 17.4. The third kappa shape index (κ3) is 3.89. The predicted octanol–water partition coefficient (Wildman–Crippen LogP) is 4.03. The molecule has 0 spiro atoms. The van der Waals surface area contributed by atoms with E-state index >= 15 is 0 Å². The van der Waals surface area contributed by atoms with Gasteiger partial charge in [0.05, 0.1) is 23.3 Å². The Morgan fingerprint density at radius 2 is 1.93 bits per heavy atom. The minimum atomic E-state index is -0.200. The van der Waals surface area contributed by atoms with Crippen molar-refractivity contribution in [3.05, 3.63) is 72.5 Å². The van der Waals surface area contributed by atoms with Crippen molar-refractivity contribution >= 4 is 16.9 Å². The van der Waals surface area contributed by atoms with E-state index in [1.807, 2.05) is 61.5 Å². The van der Waals surface area contributed by atoms with Gasteiger partial charge >= 0.3 is 0 Å². The Balaban J connectivity index is 1.33. The van der Waals surface area contributed by atoms with Crippen LogP contribution in [0.5, 0.6) is 0 Å². The molecule has 1 amide bonds. The van der Waals surface area contributed by atoms with Crippen molar-refractivity contribution in [1.29, 1.82) is 0 Å². The van der Waals surface area contributed by atoms with Crippen molar-refractivity contribution < 1.29 is 9.21 Å². The molecule has 0 aliphatic carbocycles. The van der Waals surface area contributed by atoms with E-state index in [-0.39, 0.29) is 11.9 Å². The fourth-order valence-corrected chi connectivity index (χ4v) is 2.94. The molecule has 27 heavy (non-hydrogen) atoms. The Morgan fingerprint density at radius 3 is 2.74 bits per heavy atom. The molecule has 1 atom stereocenters. The van der Waals surface area contributed by atoms with Crippen LogP contribution in [-0.4, -0.2) is 20.9 Å². The minimum absolute atomic E-state index is 0.0672. The summed E-state index contributed by atoms with van der Waals surface area (Å²) in [5.74, 6) is 1.94. The molecule has 0 saturated heterocycles. The summed E-state index contributed by atoms with van der Waals surface area (Å²) in [5.41, 5.74) is 2.82. The number of fused-ring (bicyclic) bond motifs is 1. The van der Waals surface area contributed by atoms with E-state index in [9.17, 15) is 4.79 Å². The first-order valence-corrected chi connectivity index (χ1v) is 8.93. The van der Waals surface area contributed by atoms with Crippen LogP contribution in [0.2, 0.25) is 0 Å². The topological polar surface area (TPSA) is 83.8 Å². The molecule has 4 aromatic rings. The first-order valence-electron chi connectivity index (χ1n) is 8.93. The van der Waals surface area contributed by atoms with Crippen LogP contribution in [-0.2, 0) is 11.2 Å². The number of aryl methyl sites for hydroxylation is 1. The molecule has 6 nitrogen and oxygen atoms in total. The molecule has 0 fully saturated rings. The number of para-hydroxylation sites is 2. The molecule has 0 radical (unpaired) electrons. The monoisotopic (exact) mass is 360 g/mol. The molecule has 2 aromatic carbocycles. The number of rotatable bonds is 6. The number of imidazole rings is 1. The maximum atomic E-state index is 12.3. The van der Waals surface area contributed by atoms with Crippen LogP contribution in [0.4, 0.5) is 0 Å². The molecule has 2 heterocycles. The highest BCUT2D eigenvalue weighted by atomic mass is 16.4. The molecule has 1 unspecified atom stereocenters. The Hall–Kier alpha value is -3.41. The zero-order chi connectivity index (χ0) is 18.6. The van der Waals surface area contributed by atoms with Gasteiger partial charge in [0.2, 0.25) is 5.91 Å². The second kappa shape index (κ2) is 7.45. The zero-order valence-electron chi connectivity index (χ0n) is 15.0. The summed E-state index contributed by atoms with van der Waals surface area (Å²) in [4.78, 5) is 24.3. The summed E-state index contributed by atoms with van der Waals surface area (Å²) in [5, 5.41) is 2.96. The number of nitrogens with one attached hydrogen (secondary N) is 2. The molecule has 2 aromatic heterocycles. The molecule has 2 N–H and O–H groups in total. The predicted molar refractivity (Wildman–Crippen MR) is 103 cm³/mol. The quantitative estimate of drug-likeness (QED) is 0.544. The standard InChI is InChI=1S/C21H20N4O2/c1-14(21-24-16-9-5-6-10-17(16)25-21)23-19(26)11-12-20-22-13-18(27-20)15-7-3-2-4-8-15/h2-10,13-14H,11-12H2,1H3,(H,23,26)(H,24,25). The number of H-pyrrole nitrogens is 1. The number of oxazole rings is 1.